The fraction of sp³-hybridized carbons (Fsp3) is 0.579. The van der Waals surface area contributed by atoms with Crippen molar-refractivity contribution in [2.75, 3.05) is 6.61 Å². The minimum atomic E-state index is -3.93. The molecule has 150 valence electrons. The molecule has 1 aromatic carbocycles. The third-order valence-electron chi connectivity index (χ3n) is 5.14. The first-order valence-corrected chi connectivity index (χ1v) is 11.3. The van der Waals surface area contributed by atoms with Gasteiger partial charge in [0, 0.05) is 10.5 Å². The fourth-order valence-electron chi connectivity index (χ4n) is 3.09. The molecule has 0 heterocycles. The highest BCUT2D eigenvalue weighted by atomic mass is 79.9. The van der Waals surface area contributed by atoms with Gasteiger partial charge in [0.1, 0.15) is 0 Å². The first kappa shape index (κ1) is 21.9. The molecule has 6 nitrogen and oxygen atoms in total. The van der Waals surface area contributed by atoms with E-state index in [2.05, 4.69) is 21.2 Å². The summed E-state index contributed by atoms with van der Waals surface area (Å²) >= 11 is 3.28. The van der Waals surface area contributed by atoms with Gasteiger partial charge in [-0.2, -0.15) is 0 Å². The van der Waals surface area contributed by atoms with E-state index in [0.29, 0.717) is 12.8 Å². The lowest BCUT2D eigenvalue weighted by Crippen LogP contribution is -2.47. The highest BCUT2D eigenvalue weighted by Gasteiger charge is 2.54. The van der Waals surface area contributed by atoms with Crippen LogP contribution in [0.25, 0.3) is 0 Å². The number of esters is 1. The number of hydrogen-bond acceptors (Lipinski definition) is 5. The van der Waals surface area contributed by atoms with Gasteiger partial charge in [-0.1, -0.05) is 42.6 Å². The third kappa shape index (κ3) is 4.71. The second kappa shape index (κ2) is 8.73. The number of rotatable bonds is 7. The largest absolute Gasteiger partial charge is 0.454 e. The molecule has 0 bridgehead atoms. The average molecular weight is 460 g/mol. The van der Waals surface area contributed by atoms with Crippen LogP contribution in [0.3, 0.4) is 0 Å². The van der Waals surface area contributed by atoms with Crippen LogP contribution >= 0.6 is 15.9 Å². The molecule has 0 aromatic heterocycles. The van der Waals surface area contributed by atoms with Crippen molar-refractivity contribution in [3.05, 3.63) is 28.7 Å². The van der Waals surface area contributed by atoms with Crippen molar-refractivity contribution in [1.29, 1.82) is 0 Å². The fourth-order valence-corrected chi connectivity index (χ4v) is 5.41. The molecule has 1 aromatic rings. The van der Waals surface area contributed by atoms with Gasteiger partial charge in [-0.25, -0.2) is 8.42 Å². The minimum absolute atomic E-state index is 0.0665. The van der Waals surface area contributed by atoms with E-state index in [-0.39, 0.29) is 29.7 Å². The smallest absolute Gasteiger partial charge is 0.328 e. The number of ether oxygens (including phenoxy) is 1. The third-order valence-corrected chi connectivity index (χ3v) is 8.17. The standard InChI is InChI=1S/C19H26BrNO5S/c1-13(2)14(3)21-17(22)12-26-18(23)19(10-4-5-11-19)27(24,25)16-8-6-15(20)7-9-16/h6-9,13-14H,4-5,10-12H2,1-3H3,(H,21,22)/t14-/m1/s1. The highest BCUT2D eigenvalue weighted by Crippen LogP contribution is 2.41. The Hall–Kier alpha value is -1.41. The molecule has 0 unspecified atom stereocenters. The van der Waals surface area contributed by atoms with Crippen LogP contribution < -0.4 is 5.32 Å². The summed E-state index contributed by atoms with van der Waals surface area (Å²) in [5.74, 6) is -1.03. The molecule has 2 rings (SSSR count). The Balaban J connectivity index is 2.17. The molecule has 1 amide bonds. The van der Waals surface area contributed by atoms with Crippen molar-refractivity contribution < 1.29 is 22.7 Å². The van der Waals surface area contributed by atoms with Crippen LogP contribution in [0.4, 0.5) is 0 Å². The quantitative estimate of drug-likeness (QED) is 0.631. The van der Waals surface area contributed by atoms with Gasteiger partial charge in [0.05, 0.1) is 4.90 Å². The summed E-state index contributed by atoms with van der Waals surface area (Å²) in [6, 6.07) is 6.14. The molecule has 1 saturated carbocycles. The molecule has 27 heavy (non-hydrogen) atoms. The predicted molar refractivity (Wildman–Crippen MR) is 106 cm³/mol. The van der Waals surface area contributed by atoms with E-state index in [9.17, 15) is 18.0 Å². The number of amides is 1. The number of hydrogen-bond donors (Lipinski definition) is 1. The maximum atomic E-state index is 13.2. The maximum absolute atomic E-state index is 13.2. The lowest BCUT2D eigenvalue weighted by atomic mass is 10.1. The number of benzene rings is 1. The first-order chi connectivity index (χ1) is 12.6. The molecular formula is C19H26BrNO5S. The number of nitrogens with one attached hydrogen (secondary N) is 1. The molecular weight excluding hydrogens is 434 g/mol. The zero-order chi connectivity index (χ0) is 20.2. The Morgan fingerprint density at radius 2 is 1.70 bits per heavy atom. The van der Waals surface area contributed by atoms with Crippen LogP contribution in [0.2, 0.25) is 0 Å². The normalized spacial score (nSPS) is 17.5. The van der Waals surface area contributed by atoms with Crippen molar-refractivity contribution >= 4 is 37.6 Å². The highest BCUT2D eigenvalue weighted by molar-refractivity contribution is 9.10. The van der Waals surface area contributed by atoms with E-state index in [1.54, 1.807) is 12.1 Å². The van der Waals surface area contributed by atoms with E-state index in [1.807, 2.05) is 20.8 Å². The predicted octanol–water partition coefficient (Wildman–Crippen LogP) is 3.24. The summed E-state index contributed by atoms with van der Waals surface area (Å²) in [4.78, 5) is 24.9. The van der Waals surface area contributed by atoms with Crippen molar-refractivity contribution in [2.24, 2.45) is 5.92 Å². The average Bonchev–Trinajstić information content (AvgIpc) is 3.11. The van der Waals surface area contributed by atoms with Crippen LogP contribution in [0.15, 0.2) is 33.6 Å². The Labute approximate surface area is 169 Å². The lowest BCUT2D eigenvalue weighted by molar-refractivity contribution is -0.151. The van der Waals surface area contributed by atoms with E-state index in [4.69, 9.17) is 4.74 Å². The molecule has 1 atom stereocenters. The van der Waals surface area contributed by atoms with Crippen LogP contribution in [0.1, 0.15) is 46.5 Å². The second-order valence-corrected chi connectivity index (χ2v) is 10.5. The van der Waals surface area contributed by atoms with E-state index in [1.165, 1.54) is 12.1 Å². The van der Waals surface area contributed by atoms with Crippen molar-refractivity contribution in [3.8, 4) is 0 Å². The second-order valence-electron chi connectivity index (χ2n) is 7.34. The summed E-state index contributed by atoms with van der Waals surface area (Å²) in [5, 5.41) is 2.74. The van der Waals surface area contributed by atoms with Crippen molar-refractivity contribution in [3.63, 3.8) is 0 Å². The maximum Gasteiger partial charge on any atom is 0.328 e. The SMILES string of the molecule is CC(C)[C@@H](C)NC(=O)COC(=O)C1(S(=O)(=O)c2ccc(Br)cc2)CCCC1. The summed E-state index contributed by atoms with van der Waals surface area (Å²) in [6.07, 6.45) is 1.66. The van der Waals surface area contributed by atoms with E-state index >= 15 is 0 Å². The van der Waals surface area contributed by atoms with Crippen LogP contribution in [0, 0.1) is 5.92 Å². The van der Waals surface area contributed by atoms with Gasteiger partial charge in [0.15, 0.2) is 21.2 Å². The lowest BCUT2D eigenvalue weighted by Gasteiger charge is -2.26. The van der Waals surface area contributed by atoms with Gasteiger partial charge in [-0.3, -0.25) is 9.59 Å². The van der Waals surface area contributed by atoms with Gasteiger partial charge < -0.3 is 10.1 Å². The van der Waals surface area contributed by atoms with Gasteiger partial charge >= 0.3 is 5.97 Å². The molecule has 0 spiro atoms. The summed E-state index contributed by atoms with van der Waals surface area (Å²) < 4.78 is 30.7. The number of carbonyl (C=O) groups excluding carboxylic acids is 2. The van der Waals surface area contributed by atoms with E-state index in [0.717, 1.165) is 4.47 Å². The Morgan fingerprint density at radius 3 is 2.22 bits per heavy atom. The molecule has 0 radical (unpaired) electrons. The van der Waals surface area contributed by atoms with Crippen molar-refractivity contribution in [2.45, 2.75) is 62.1 Å². The van der Waals surface area contributed by atoms with Crippen LogP contribution in [-0.4, -0.2) is 37.7 Å². The molecule has 8 heteroatoms. The summed E-state index contributed by atoms with van der Waals surface area (Å²) in [6.45, 7) is 5.32. The monoisotopic (exact) mass is 459 g/mol. The van der Waals surface area contributed by atoms with Crippen molar-refractivity contribution in [1.82, 2.24) is 5.32 Å². The zero-order valence-corrected chi connectivity index (χ0v) is 18.2. The van der Waals surface area contributed by atoms with Gasteiger partial charge in [-0.05, 0) is 49.9 Å². The molecule has 1 N–H and O–H groups in total. The number of halogens is 1. The first-order valence-electron chi connectivity index (χ1n) is 9.07. The van der Waals surface area contributed by atoms with Gasteiger partial charge in [-0.15, -0.1) is 0 Å². The molecule has 1 aliphatic carbocycles. The topological polar surface area (TPSA) is 89.5 Å². The van der Waals surface area contributed by atoms with Gasteiger partial charge in [0.25, 0.3) is 5.91 Å². The Bertz CT molecular complexity index is 783. The molecule has 0 aliphatic heterocycles. The Kier molecular flexibility index (Phi) is 7.08. The minimum Gasteiger partial charge on any atom is -0.454 e. The molecule has 0 saturated heterocycles. The van der Waals surface area contributed by atoms with E-state index < -0.39 is 33.1 Å². The number of sulfone groups is 1. The molecule has 1 fully saturated rings. The Morgan fingerprint density at radius 1 is 1.15 bits per heavy atom. The van der Waals surface area contributed by atoms with Gasteiger partial charge in [0.2, 0.25) is 0 Å². The summed E-state index contributed by atoms with van der Waals surface area (Å²) in [5.41, 5.74) is 0. The summed E-state index contributed by atoms with van der Waals surface area (Å²) in [7, 11) is -3.93. The van der Waals surface area contributed by atoms with Crippen LogP contribution in [0.5, 0.6) is 0 Å². The zero-order valence-electron chi connectivity index (χ0n) is 15.8. The van der Waals surface area contributed by atoms with Crippen LogP contribution in [-0.2, 0) is 24.2 Å². The number of carbonyl (C=O) groups is 2. The molecule has 1 aliphatic rings.